The number of anilines is 1. The maximum Gasteiger partial charge on any atom is 0.238 e. The fourth-order valence-corrected chi connectivity index (χ4v) is 2.82. The maximum atomic E-state index is 12.0. The molecule has 3 aromatic rings. The Labute approximate surface area is 149 Å². The fraction of sp³-hybridized carbons (Fsp3) is 0.111. The van der Waals surface area contributed by atoms with E-state index in [9.17, 15) is 4.79 Å². The third kappa shape index (κ3) is 4.23. The Kier molecular flexibility index (Phi) is 5.30. The zero-order valence-electron chi connectivity index (χ0n) is 12.7. The van der Waals surface area contributed by atoms with Crippen LogP contribution in [0.15, 0.2) is 54.9 Å². The Bertz CT molecular complexity index is 883. The van der Waals surface area contributed by atoms with Gasteiger partial charge in [0, 0.05) is 40.1 Å². The molecule has 1 heterocycles. The van der Waals surface area contributed by atoms with Crippen LogP contribution in [0.3, 0.4) is 0 Å². The number of carbonyl (C=O) groups is 1. The molecule has 1 amide bonds. The number of nitrogens with one attached hydrogen (secondary N) is 2. The van der Waals surface area contributed by atoms with Crippen LogP contribution in [0.2, 0.25) is 10.0 Å². The number of rotatable bonds is 5. The molecule has 0 atom stereocenters. The number of nitrogens with zero attached hydrogens (tertiary/aromatic N) is 1. The Balaban J connectivity index is 1.55. The number of hydrogen-bond donors (Lipinski definition) is 2. The first-order valence-corrected chi connectivity index (χ1v) is 8.16. The SMILES string of the molecule is O=C(CNCc1ccc(Cl)cc1Cl)Nc1ccc2cnccc2c1. The Morgan fingerprint density at radius 1 is 1.04 bits per heavy atom. The summed E-state index contributed by atoms with van der Waals surface area (Å²) in [6.07, 6.45) is 3.52. The summed E-state index contributed by atoms with van der Waals surface area (Å²) in [5.74, 6) is -0.117. The topological polar surface area (TPSA) is 54.0 Å². The molecule has 4 nitrogen and oxygen atoms in total. The highest BCUT2D eigenvalue weighted by Gasteiger charge is 2.05. The number of benzene rings is 2. The predicted molar refractivity (Wildman–Crippen MR) is 98.5 cm³/mol. The molecule has 24 heavy (non-hydrogen) atoms. The molecule has 0 aliphatic carbocycles. The Morgan fingerprint density at radius 3 is 2.75 bits per heavy atom. The Morgan fingerprint density at radius 2 is 1.92 bits per heavy atom. The van der Waals surface area contributed by atoms with Crippen LogP contribution < -0.4 is 10.6 Å². The van der Waals surface area contributed by atoms with E-state index in [0.717, 1.165) is 22.0 Å². The largest absolute Gasteiger partial charge is 0.325 e. The molecule has 0 spiro atoms. The van der Waals surface area contributed by atoms with Crippen molar-refractivity contribution in [2.75, 3.05) is 11.9 Å². The molecule has 6 heteroatoms. The van der Waals surface area contributed by atoms with E-state index < -0.39 is 0 Å². The predicted octanol–water partition coefficient (Wildman–Crippen LogP) is 4.27. The molecule has 0 aliphatic heterocycles. The standard InChI is InChI=1S/C18H15Cl2N3O/c19-15-3-1-14(17(20)8-15)10-22-11-18(24)23-16-4-2-13-9-21-6-5-12(13)7-16/h1-9,22H,10-11H2,(H,23,24). The van der Waals surface area contributed by atoms with Crippen molar-refractivity contribution < 1.29 is 4.79 Å². The van der Waals surface area contributed by atoms with Crippen molar-refractivity contribution >= 4 is 45.6 Å². The molecule has 0 bridgehead atoms. The number of aromatic nitrogens is 1. The van der Waals surface area contributed by atoms with Crippen molar-refractivity contribution in [1.29, 1.82) is 0 Å². The molecule has 0 saturated carbocycles. The van der Waals surface area contributed by atoms with E-state index >= 15 is 0 Å². The number of amides is 1. The van der Waals surface area contributed by atoms with E-state index in [1.165, 1.54) is 0 Å². The van der Waals surface area contributed by atoms with Crippen LogP contribution in [0.4, 0.5) is 5.69 Å². The zero-order chi connectivity index (χ0) is 16.9. The van der Waals surface area contributed by atoms with E-state index in [4.69, 9.17) is 23.2 Å². The minimum Gasteiger partial charge on any atom is -0.325 e. The number of halogens is 2. The number of carbonyl (C=O) groups excluding carboxylic acids is 1. The molecule has 2 aromatic carbocycles. The van der Waals surface area contributed by atoms with Crippen LogP contribution in [0, 0.1) is 0 Å². The van der Waals surface area contributed by atoms with Gasteiger partial charge in [0.05, 0.1) is 6.54 Å². The summed E-state index contributed by atoms with van der Waals surface area (Å²) < 4.78 is 0. The lowest BCUT2D eigenvalue weighted by atomic mass is 10.1. The van der Waals surface area contributed by atoms with Gasteiger partial charge >= 0.3 is 0 Å². The number of hydrogen-bond acceptors (Lipinski definition) is 3. The minimum atomic E-state index is -0.117. The fourth-order valence-electron chi connectivity index (χ4n) is 2.34. The molecule has 122 valence electrons. The second-order valence-electron chi connectivity index (χ2n) is 5.33. The quantitative estimate of drug-likeness (QED) is 0.715. The number of fused-ring (bicyclic) bond motifs is 1. The van der Waals surface area contributed by atoms with Crippen LogP contribution in [-0.4, -0.2) is 17.4 Å². The summed E-state index contributed by atoms with van der Waals surface area (Å²) in [5.41, 5.74) is 1.65. The van der Waals surface area contributed by atoms with Gasteiger partial charge in [-0.1, -0.05) is 35.3 Å². The van der Waals surface area contributed by atoms with Crippen molar-refractivity contribution in [2.24, 2.45) is 0 Å². The molecule has 1 aromatic heterocycles. The average Bonchev–Trinajstić information content (AvgIpc) is 2.57. The smallest absolute Gasteiger partial charge is 0.238 e. The van der Waals surface area contributed by atoms with Crippen molar-refractivity contribution in [2.45, 2.75) is 6.54 Å². The van der Waals surface area contributed by atoms with Crippen molar-refractivity contribution in [1.82, 2.24) is 10.3 Å². The normalized spacial score (nSPS) is 10.8. The number of pyridine rings is 1. The van der Waals surface area contributed by atoms with Gasteiger partial charge in [0.1, 0.15) is 0 Å². The van der Waals surface area contributed by atoms with Gasteiger partial charge in [-0.15, -0.1) is 0 Å². The van der Waals surface area contributed by atoms with E-state index in [1.54, 1.807) is 24.5 Å². The summed E-state index contributed by atoms with van der Waals surface area (Å²) in [6.45, 7) is 0.681. The van der Waals surface area contributed by atoms with Crippen LogP contribution in [-0.2, 0) is 11.3 Å². The highest BCUT2D eigenvalue weighted by molar-refractivity contribution is 6.35. The maximum absolute atomic E-state index is 12.0. The summed E-state index contributed by atoms with van der Waals surface area (Å²) in [5, 5.41) is 9.17. The first-order valence-electron chi connectivity index (χ1n) is 7.40. The molecule has 0 radical (unpaired) electrons. The first kappa shape index (κ1) is 16.7. The van der Waals surface area contributed by atoms with Crippen molar-refractivity contribution in [3.05, 3.63) is 70.5 Å². The van der Waals surface area contributed by atoms with Crippen molar-refractivity contribution in [3.8, 4) is 0 Å². The van der Waals surface area contributed by atoms with Gasteiger partial charge in [0.2, 0.25) is 5.91 Å². The van der Waals surface area contributed by atoms with E-state index in [1.807, 2.05) is 30.3 Å². The second-order valence-corrected chi connectivity index (χ2v) is 6.17. The summed E-state index contributed by atoms with van der Waals surface area (Å²) in [6, 6.07) is 12.9. The highest BCUT2D eigenvalue weighted by Crippen LogP contribution is 2.21. The van der Waals surface area contributed by atoms with E-state index in [-0.39, 0.29) is 12.5 Å². The summed E-state index contributed by atoms with van der Waals surface area (Å²) >= 11 is 12.0. The van der Waals surface area contributed by atoms with Gasteiger partial charge in [-0.2, -0.15) is 0 Å². The zero-order valence-corrected chi connectivity index (χ0v) is 14.2. The van der Waals surface area contributed by atoms with Crippen LogP contribution in [0.5, 0.6) is 0 Å². The van der Waals surface area contributed by atoms with Gasteiger partial charge in [-0.3, -0.25) is 9.78 Å². The van der Waals surface area contributed by atoms with Crippen molar-refractivity contribution in [3.63, 3.8) is 0 Å². The summed E-state index contributed by atoms with van der Waals surface area (Å²) in [7, 11) is 0. The monoisotopic (exact) mass is 359 g/mol. The van der Waals surface area contributed by atoms with E-state index in [0.29, 0.717) is 16.6 Å². The molecular weight excluding hydrogens is 345 g/mol. The lowest BCUT2D eigenvalue weighted by Gasteiger charge is -2.09. The van der Waals surface area contributed by atoms with Crippen LogP contribution >= 0.6 is 23.2 Å². The third-order valence-electron chi connectivity index (χ3n) is 3.54. The molecule has 3 rings (SSSR count). The second kappa shape index (κ2) is 7.62. The summed E-state index contributed by atoms with van der Waals surface area (Å²) in [4.78, 5) is 16.1. The van der Waals surface area contributed by atoms with Gasteiger partial charge in [-0.05, 0) is 41.3 Å². The molecule has 0 unspecified atom stereocenters. The van der Waals surface area contributed by atoms with Gasteiger partial charge in [0.15, 0.2) is 0 Å². The third-order valence-corrected chi connectivity index (χ3v) is 4.13. The Hall–Kier alpha value is -2.14. The molecule has 0 fully saturated rings. The molecule has 0 aliphatic rings. The van der Waals surface area contributed by atoms with Gasteiger partial charge < -0.3 is 10.6 Å². The minimum absolute atomic E-state index is 0.117. The average molecular weight is 360 g/mol. The van der Waals surface area contributed by atoms with Gasteiger partial charge in [-0.25, -0.2) is 0 Å². The molecular formula is C18H15Cl2N3O. The van der Waals surface area contributed by atoms with E-state index in [2.05, 4.69) is 15.6 Å². The molecule has 2 N–H and O–H groups in total. The lowest BCUT2D eigenvalue weighted by molar-refractivity contribution is -0.115. The highest BCUT2D eigenvalue weighted by atomic mass is 35.5. The lowest BCUT2D eigenvalue weighted by Crippen LogP contribution is -2.27. The molecule has 0 saturated heterocycles. The first-order chi connectivity index (χ1) is 11.6. The van der Waals surface area contributed by atoms with Crippen LogP contribution in [0.1, 0.15) is 5.56 Å². The van der Waals surface area contributed by atoms with Gasteiger partial charge in [0.25, 0.3) is 0 Å². The van der Waals surface area contributed by atoms with Crippen LogP contribution in [0.25, 0.3) is 10.8 Å².